The molecule has 1 unspecified atom stereocenters. The highest BCUT2D eigenvalue weighted by atomic mass is 32.2. The highest BCUT2D eigenvalue weighted by Gasteiger charge is 2.29. The third-order valence-corrected chi connectivity index (χ3v) is 4.97. The molecule has 0 amide bonds. The molecule has 112 valence electrons. The number of nitrogens with one attached hydrogen (secondary N) is 1. The van der Waals surface area contributed by atoms with Crippen LogP contribution in [-0.4, -0.2) is 46.3 Å². The zero-order valence-electron chi connectivity index (χ0n) is 11.7. The second-order valence-electron chi connectivity index (χ2n) is 4.96. The molecule has 1 aromatic rings. The monoisotopic (exact) mass is 299 g/mol. The number of benzene rings is 1. The Morgan fingerprint density at radius 1 is 1.30 bits per heavy atom. The highest BCUT2D eigenvalue weighted by molar-refractivity contribution is 7.91. The van der Waals surface area contributed by atoms with Crippen LogP contribution in [0.2, 0.25) is 0 Å². The molecule has 0 bridgehead atoms. The number of ether oxygens (including phenoxy) is 2. The van der Waals surface area contributed by atoms with Crippen molar-refractivity contribution >= 4 is 9.84 Å². The Bertz CT molecular complexity index is 512. The second-order valence-corrected chi connectivity index (χ2v) is 7.19. The van der Waals surface area contributed by atoms with Crippen molar-refractivity contribution in [1.29, 1.82) is 0 Å². The first-order chi connectivity index (χ1) is 9.59. The molecule has 1 heterocycles. The van der Waals surface area contributed by atoms with Crippen molar-refractivity contribution in [3.8, 4) is 5.75 Å². The summed E-state index contributed by atoms with van der Waals surface area (Å²) < 4.78 is 33.4. The Balaban J connectivity index is 1.80. The molecule has 6 heteroatoms. The van der Waals surface area contributed by atoms with Crippen LogP contribution in [0.15, 0.2) is 24.3 Å². The quantitative estimate of drug-likeness (QED) is 0.761. The molecule has 2 rings (SSSR count). The van der Waals surface area contributed by atoms with Gasteiger partial charge in [-0.25, -0.2) is 8.42 Å². The van der Waals surface area contributed by atoms with Crippen molar-refractivity contribution in [2.45, 2.75) is 19.1 Å². The van der Waals surface area contributed by atoms with Crippen molar-refractivity contribution in [3.05, 3.63) is 29.8 Å². The molecule has 5 nitrogen and oxygen atoms in total. The first kappa shape index (κ1) is 15.3. The molecular formula is C14H21NO4S. The van der Waals surface area contributed by atoms with E-state index in [1.807, 2.05) is 24.3 Å². The summed E-state index contributed by atoms with van der Waals surface area (Å²) in [6.07, 6.45) is 0.383. The Hall–Kier alpha value is -1.11. The maximum Gasteiger partial charge on any atom is 0.154 e. The van der Waals surface area contributed by atoms with Gasteiger partial charge >= 0.3 is 0 Å². The minimum absolute atomic E-state index is 0.132. The molecule has 1 aliphatic rings. The summed E-state index contributed by atoms with van der Waals surface area (Å²) in [5.41, 5.74) is 1.16. The van der Waals surface area contributed by atoms with Crippen LogP contribution in [0.5, 0.6) is 5.75 Å². The first-order valence-corrected chi connectivity index (χ1v) is 8.57. The Morgan fingerprint density at radius 2 is 2.05 bits per heavy atom. The summed E-state index contributed by atoms with van der Waals surface area (Å²) in [7, 11) is -1.21. The van der Waals surface area contributed by atoms with E-state index in [1.54, 1.807) is 7.11 Å². The maximum atomic E-state index is 11.4. The lowest BCUT2D eigenvalue weighted by Gasteiger charge is -2.12. The van der Waals surface area contributed by atoms with Gasteiger partial charge in [0.15, 0.2) is 9.84 Å². The smallest absolute Gasteiger partial charge is 0.154 e. The lowest BCUT2D eigenvalue weighted by molar-refractivity contribution is 0.199. The molecule has 1 atom stereocenters. The summed E-state index contributed by atoms with van der Waals surface area (Å²) >= 11 is 0. The number of methoxy groups -OCH3 is 1. The van der Waals surface area contributed by atoms with Crippen molar-refractivity contribution in [2.75, 3.05) is 31.8 Å². The van der Waals surface area contributed by atoms with E-state index in [4.69, 9.17) is 9.47 Å². The standard InChI is InChI=1S/C14H21NO4S/c1-18-8-7-15-10-12-2-4-13(5-3-12)19-14-6-9-20(16,17)11-14/h2-5,14-15H,6-11H2,1H3. The number of sulfone groups is 1. The Morgan fingerprint density at radius 3 is 2.65 bits per heavy atom. The van der Waals surface area contributed by atoms with Crippen LogP contribution in [0.3, 0.4) is 0 Å². The number of rotatable bonds is 7. The summed E-state index contributed by atoms with van der Waals surface area (Å²) in [5, 5.41) is 3.26. The summed E-state index contributed by atoms with van der Waals surface area (Å²) in [6, 6.07) is 7.74. The molecule has 20 heavy (non-hydrogen) atoms. The van der Waals surface area contributed by atoms with E-state index in [2.05, 4.69) is 5.32 Å². The molecule has 0 aliphatic carbocycles. The lowest BCUT2D eigenvalue weighted by Crippen LogP contribution is -2.19. The normalized spacial score (nSPS) is 20.9. The minimum atomic E-state index is -2.89. The Labute approximate surface area is 120 Å². The van der Waals surface area contributed by atoms with Crippen LogP contribution in [0.4, 0.5) is 0 Å². The molecule has 0 aromatic heterocycles. The predicted molar refractivity (Wildman–Crippen MR) is 77.7 cm³/mol. The molecule has 1 saturated heterocycles. The van der Waals surface area contributed by atoms with E-state index >= 15 is 0 Å². The maximum absolute atomic E-state index is 11.4. The van der Waals surface area contributed by atoms with E-state index in [0.29, 0.717) is 13.0 Å². The zero-order valence-corrected chi connectivity index (χ0v) is 12.5. The number of hydrogen-bond donors (Lipinski definition) is 1. The van der Waals surface area contributed by atoms with Gasteiger partial charge in [-0.05, 0) is 24.1 Å². The minimum Gasteiger partial charge on any atom is -0.489 e. The van der Waals surface area contributed by atoms with Gasteiger partial charge in [0.1, 0.15) is 11.9 Å². The van der Waals surface area contributed by atoms with Gasteiger partial charge in [0, 0.05) is 20.2 Å². The molecule has 0 radical (unpaired) electrons. The fourth-order valence-electron chi connectivity index (χ4n) is 2.14. The van der Waals surface area contributed by atoms with Crippen LogP contribution in [0.25, 0.3) is 0 Å². The average molecular weight is 299 g/mol. The van der Waals surface area contributed by atoms with Gasteiger partial charge < -0.3 is 14.8 Å². The van der Waals surface area contributed by atoms with Crippen LogP contribution in [0, 0.1) is 0 Å². The SMILES string of the molecule is COCCNCc1ccc(OC2CCS(=O)(=O)C2)cc1. The molecule has 0 saturated carbocycles. The second kappa shape index (κ2) is 7.06. The molecule has 1 aromatic carbocycles. The van der Waals surface area contributed by atoms with Gasteiger partial charge in [-0.2, -0.15) is 0 Å². The predicted octanol–water partition coefficient (Wildman–Crippen LogP) is 0.988. The molecule has 1 fully saturated rings. The van der Waals surface area contributed by atoms with Crippen molar-refractivity contribution in [3.63, 3.8) is 0 Å². The van der Waals surface area contributed by atoms with Gasteiger partial charge in [-0.1, -0.05) is 12.1 Å². The van der Waals surface area contributed by atoms with Gasteiger partial charge in [0.25, 0.3) is 0 Å². The molecule has 0 spiro atoms. The van der Waals surface area contributed by atoms with Crippen molar-refractivity contribution < 1.29 is 17.9 Å². The zero-order chi connectivity index (χ0) is 14.4. The van der Waals surface area contributed by atoms with Gasteiger partial charge in [0.05, 0.1) is 18.1 Å². The molecule has 1 N–H and O–H groups in total. The van der Waals surface area contributed by atoms with Gasteiger partial charge in [-0.3, -0.25) is 0 Å². The lowest BCUT2D eigenvalue weighted by atomic mass is 10.2. The third-order valence-electron chi connectivity index (χ3n) is 3.23. The van der Waals surface area contributed by atoms with Gasteiger partial charge in [-0.15, -0.1) is 0 Å². The molecular weight excluding hydrogens is 278 g/mol. The number of hydrogen-bond acceptors (Lipinski definition) is 5. The fraction of sp³-hybridized carbons (Fsp3) is 0.571. The Kier molecular flexibility index (Phi) is 5.39. The fourth-order valence-corrected chi connectivity index (χ4v) is 3.73. The van der Waals surface area contributed by atoms with Crippen LogP contribution in [-0.2, 0) is 21.1 Å². The van der Waals surface area contributed by atoms with E-state index in [-0.39, 0.29) is 17.6 Å². The van der Waals surface area contributed by atoms with Crippen LogP contribution >= 0.6 is 0 Å². The summed E-state index contributed by atoms with van der Waals surface area (Å²) in [5.74, 6) is 1.10. The van der Waals surface area contributed by atoms with E-state index in [0.717, 1.165) is 24.4 Å². The van der Waals surface area contributed by atoms with Crippen molar-refractivity contribution in [1.82, 2.24) is 5.32 Å². The van der Waals surface area contributed by atoms with Crippen LogP contribution < -0.4 is 10.1 Å². The average Bonchev–Trinajstić information content (AvgIpc) is 2.76. The van der Waals surface area contributed by atoms with Crippen molar-refractivity contribution in [2.24, 2.45) is 0 Å². The van der Waals surface area contributed by atoms with E-state index in [1.165, 1.54) is 0 Å². The van der Waals surface area contributed by atoms with Gasteiger partial charge in [0.2, 0.25) is 0 Å². The van der Waals surface area contributed by atoms with E-state index < -0.39 is 9.84 Å². The summed E-state index contributed by atoms with van der Waals surface area (Å²) in [4.78, 5) is 0. The van der Waals surface area contributed by atoms with Crippen LogP contribution in [0.1, 0.15) is 12.0 Å². The highest BCUT2D eigenvalue weighted by Crippen LogP contribution is 2.20. The topological polar surface area (TPSA) is 64.6 Å². The molecule has 1 aliphatic heterocycles. The van der Waals surface area contributed by atoms with E-state index in [9.17, 15) is 8.42 Å². The summed E-state index contributed by atoms with van der Waals surface area (Å²) in [6.45, 7) is 2.29. The largest absolute Gasteiger partial charge is 0.489 e. The first-order valence-electron chi connectivity index (χ1n) is 6.75. The third kappa shape index (κ3) is 4.77.